The van der Waals surface area contributed by atoms with Gasteiger partial charge in [-0.05, 0) is 38.0 Å². The zero-order valence-corrected chi connectivity index (χ0v) is 14.2. The van der Waals surface area contributed by atoms with Crippen molar-refractivity contribution in [2.75, 3.05) is 7.11 Å². The molecule has 0 unspecified atom stereocenters. The van der Waals surface area contributed by atoms with Crippen LogP contribution < -0.4 is 9.47 Å². The summed E-state index contributed by atoms with van der Waals surface area (Å²) in [6, 6.07) is 4.45. The minimum Gasteiger partial charge on any atom is -0.481 e. The van der Waals surface area contributed by atoms with Crippen LogP contribution in [0.25, 0.3) is 0 Å². The van der Waals surface area contributed by atoms with Crippen LogP contribution in [0.4, 0.5) is 0 Å². The zero-order chi connectivity index (χ0) is 16.6. The highest BCUT2D eigenvalue weighted by Crippen LogP contribution is 2.37. The molecule has 3 rings (SSSR count). The van der Waals surface area contributed by atoms with Gasteiger partial charge >= 0.3 is 0 Å². The third-order valence-electron chi connectivity index (χ3n) is 3.59. The van der Waals surface area contributed by atoms with Gasteiger partial charge in [-0.25, -0.2) is 18.4 Å². The number of ether oxygens (including phenoxy) is 2. The van der Waals surface area contributed by atoms with Crippen LogP contribution in [0, 0.1) is 6.92 Å². The summed E-state index contributed by atoms with van der Waals surface area (Å²) < 4.78 is 35.2. The molecule has 0 bridgehead atoms. The van der Waals surface area contributed by atoms with Crippen LogP contribution in [0.1, 0.15) is 18.4 Å². The molecule has 0 aliphatic heterocycles. The van der Waals surface area contributed by atoms with E-state index in [9.17, 15) is 8.42 Å². The lowest BCUT2D eigenvalue weighted by atomic mass is 10.3. The van der Waals surface area contributed by atoms with Crippen molar-refractivity contribution in [1.29, 1.82) is 0 Å². The van der Waals surface area contributed by atoms with Gasteiger partial charge in [-0.15, -0.1) is 0 Å². The highest BCUT2D eigenvalue weighted by atomic mass is 35.5. The van der Waals surface area contributed by atoms with E-state index in [1.54, 1.807) is 6.92 Å². The fourth-order valence-corrected chi connectivity index (χ4v) is 4.11. The van der Waals surface area contributed by atoms with Crippen LogP contribution in [-0.2, 0) is 9.84 Å². The van der Waals surface area contributed by atoms with Crippen molar-refractivity contribution in [3.05, 3.63) is 35.1 Å². The molecule has 0 amide bonds. The van der Waals surface area contributed by atoms with Gasteiger partial charge in [-0.1, -0.05) is 11.6 Å². The molecule has 1 aliphatic carbocycles. The minimum absolute atomic E-state index is 0.212. The lowest BCUT2D eigenvalue weighted by molar-refractivity contribution is 0.382. The van der Waals surface area contributed by atoms with Crippen molar-refractivity contribution in [2.24, 2.45) is 0 Å². The van der Waals surface area contributed by atoms with Crippen LogP contribution in [-0.4, -0.2) is 30.7 Å². The number of hydrogen-bond acceptors (Lipinski definition) is 6. The quantitative estimate of drug-likeness (QED) is 0.820. The van der Waals surface area contributed by atoms with Crippen molar-refractivity contribution >= 4 is 21.4 Å². The SMILES string of the molecule is COc1ncnc(Oc2ccc(S(=O)(=O)C3CC3)cc2Cl)c1C. The second-order valence-electron chi connectivity index (χ2n) is 5.25. The summed E-state index contributed by atoms with van der Waals surface area (Å²) >= 11 is 6.17. The molecule has 0 saturated heterocycles. The molecule has 1 aromatic carbocycles. The van der Waals surface area contributed by atoms with E-state index in [1.165, 1.54) is 31.6 Å². The number of nitrogens with zero attached hydrogens (tertiary/aromatic N) is 2. The molecule has 1 aliphatic rings. The van der Waals surface area contributed by atoms with E-state index in [2.05, 4.69) is 9.97 Å². The fourth-order valence-electron chi connectivity index (χ4n) is 2.14. The van der Waals surface area contributed by atoms with Crippen molar-refractivity contribution in [3.63, 3.8) is 0 Å². The van der Waals surface area contributed by atoms with Crippen LogP contribution in [0.3, 0.4) is 0 Å². The molecule has 0 N–H and O–H groups in total. The van der Waals surface area contributed by atoms with Crippen molar-refractivity contribution in [2.45, 2.75) is 29.9 Å². The molecular formula is C15H15ClN2O4S. The Labute approximate surface area is 139 Å². The maximum Gasteiger partial charge on any atom is 0.229 e. The van der Waals surface area contributed by atoms with E-state index >= 15 is 0 Å². The average Bonchev–Trinajstić information content (AvgIpc) is 3.36. The topological polar surface area (TPSA) is 78.4 Å². The maximum absolute atomic E-state index is 12.2. The Bertz CT molecular complexity index is 851. The van der Waals surface area contributed by atoms with Crippen LogP contribution in [0.2, 0.25) is 5.02 Å². The number of aromatic nitrogens is 2. The van der Waals surface area contributed by atoms with Gasteiger partial charge in [-0.3, -0.25) is 0 Å². The van der Waals surface area contributed by atoms with Crippen LogP contribution >= 0.6 is 11.6 Å². The third-order valence-corrected chi connectivity index (χ3v) is 6.14. The number of benzene rings is 1. The number of hydrogen-bond donors (Lipinski definition) is 0. The molecule has 1 heterocycles. The first-order chi connectivity index (χ1) is 10.9. The monoisotopic (exact) mass is 354 g/mol. The van der Waals surface area contributed by atoms with Crippen LogP contribution in [0.5, 0.6) is 17.5 Å². The molecule has 2 aromatic rings. The molecule has 1 saturated carbocycles. The molecule has 0 atom stereocenters. The third kappa shape index (κ3) is 3.11. The van der Waals surface area contributed by atoms with E-state index in [0.29, 0.717) is 35.9 Å². The Morgan fingerprint density at radius 2 is 1.91 bits per heavy atom. The van der Waals surface area contributed by atoms with Gasteiger partial charge in [0.15, 0.2) is 9.84 Å². The largest absolute Gasteiger partial charge is 0.481 e. The van der Waals surface area contributed by atoms with Gasteiger partial charge in [0.25, 0.3) is 0 Å². The van der Waals surface area contributed by atoms with Crippen molar-refractivity contribution < 1.29 is 17.9 Å². The van der Waals surface area contributed by atoms with E-state index in [4.69, 9.17) is 21.1 Å². The molecule has 0 spiro atoms. The first kappa shape index (κ1) is 16.0. The summed E-state index contributed by atoms with van der Waals surface area (Å²) in [5.41, 5.74) is 0.626. The van der Waals surface area contributed by atoms with Gasteiger partial charge in [0.2, 0.25) is 11.8 Å². The lowest BCUT2D eigenvalue weighted by Crippen LogP contribution is -2.07. The van der Waals surface area contributed by atoms with Gasteiger partial charge in [0.1, 0.15) is 12.1 Å². The summed E-state index contributed by atoms with van der Waals surface area (Å²) in [7, 11) is -1.78. The Kier molecular flexibility index (Phi) is 4.16. The van der Waals surface area contributed by atoms with Gasteiger partial charge < -0.3 is 9.47 Å². The summed E-state index contributed by atoms with van der Waals surface area (Å²) in [4.78, 5) is 8.23. The van der Waals surface area contributed by atoms with Gasteiger partial charge in [-0.2, -0.15) is 0 Å². The summed E-state index contributed by atoms with van der Waals surface area (Å²) in [6.45, 7) is 1.76. The molecule has 122 valence electrons. The maximum atomic E-state index is 12.2. The van der Waals surface area contributed by atoms with Crippen molar-refractivity contribution in [1.82, 2.24) is 9.97 Å². The second kappa shape index (κ2) is 5.98. The number of sulfone groups is 1. The molecular weight excluding hydrogens is 340 g/mol. The van der Waals surface area contributed by atoms with Crippen molar-refractivity contribution in [3.8, 4) is 17.5 Å². The Balaban J connectivity index is 1.90. The Morgan fingerprint density at radius 3 is 2.52 bits per heavy atom. The predicted molar refractivity (Wildman–Crippen MR) is 85.1 cm³/mol. The molecule has 8 heteroatoms. The van der Waals surface area contributed by atoms with E-state index in [0.717, 1.165) is 0 Å². The normalized spacial score (nSPS) is 14.6. The first-order valence-electron chi connectivity index (χ1n) is 7.00. The summed E-state index contributed by atoms with van der Waals surface area (Å²) in [6.07, 6.45) is 2.73. The number of methoxy groups -OCH3 is 1. The minimum atomic E-state index is -3.28. The second-order valence-corrected chi connectivity index (χ2v) is 7.89. The molecule has 23 heavy (non-hydrogen) atoms. The highest BCUT2D eigenvalue weighted by molar-refractivity contribution is 7.92. The molecule has 1 aromatic heterocycles. The van der Waals surface area contributed by atoms with E-state index in [-0.39, 0.29) is 15.2 Å². The van der Waals surface area contributed by atoms with Crippen LogP contribution in [0.15, 0.2) is 29.4 Å². The standard InChI is InChI=1S/C15H15ClN2O4S/c1-9-14(21-2)17-8-18-15(9)22-13-6-5-11(7-12(13)16)23(19,20)10-3-4-10/h5-8,10H,3-4H2,1-2H3. The van der Waals surface area contributed by atoms with E-state index in [1.807, 2.05) is 0 Å². The predicted octanol–water partition coefficient (Wildman–Crippen LogP) is 3.18. The lowest BCUT2D eigenvalue weighted by Gasteiger charge is -2.11. The highest BCUT2D eigenvalue weighted by Gasteiger charge is 2.37. The smallest absolute Gasteiger partial charge is 0.229 e. The Morgan fingerprint density at radius 1 is 1.22 bits per heavy atom. The van der Waals surface area contributed by atoms with Gasteiger partial charge in [0, 0.05) is 0 Å². The molecule has 0 radical (unpaired) electrons. The Hall–Kier alpha value is -1.86. The van der Waals surface area contributed by atoms with Gasteiger partial charge in [0.05, 0.1) is 27.8 Å². The fraction of sp³-hybridized carbons (Fsp3) is 0.333. The number of halogens is 1. The molecule has 1 fully saturated rings. The average molecular weight is 355 g/mol. The van der Waals surface area contributed by atoms with E-state index < -0.39 is 9.84 Å². The zero-order valence-electron chi connectivity index (χ0n) is 12.6. The summed E-state index contributed by atoms with van der Waals surface area (Å²) in [5, 5.41) is -0.0672. The first-order valence-corrected chi connectivity index (χ1v) is 8.93. The summed E-state index contributed by atoms with van der Waals surface area (Å²) in [5.74, 6) is 1.03. The number of rotatable bonds is 5. The molecule has 6 nitrogen and oxygen atoms in total.